The predicted octanol–water partition coefficient (Wildman–Crippen LogP) is 3.34. The molecule has 0 aliphatic carbocycles. The smallest absolute Gasteiger partial charge is 0.317 e. The molecule has 1 N–H and O–H groups in total. The summed E-state index contributed by atoms with van der Waals surface area (Å²) in [7, 11) is 1.77. The van der Waals surface area contributed by atoms with Crippen LogP contribution in [-0.4, -0.2) is 48.4 Å². The number of nitrogens with one attached hydrogen (secondary N) is 1. The van der Waals surface area contributed by atoms with Gasteiger partial charge in [-0.25, -0.2) is 4.79 Å². The molecule has 0 bridgehead atoms. The number of nitrogens with zero attached hydrogens (tertiary/aromatic N) is 2. The minimum Gasteiger partial charge on any atom is -0.343 e. The Kier molecular flexibility index (Phi) is 7.17. The lowest BCUT2D eigenvalue weighted by molar-refractivity contribution is -0.130. The van der Waals surface area contributed by atoms with E-state index in [9.17, 15) is 9.59 Å². The number of urea groups is 1. The Morgan fingerprint density at radius 1 is 1.39 bits per heavy atom. The summed E-state index contributed by atoms with van der Waals surface area (Å²) in [6, 6.07) is 3.67. The summed E-state index contributed by atoms with van der Waals surface area (Å²) in [6.07, 6.45) is 4.68. The Hall–Kier alpha value is -1.27. The maximum atomic E-state index is 12.0. The lowest BCUT2D eigenvalue weighted by Crippen LogP contribution is -2.38. The van der Waals surface area contributed by atoms with Crippen molar-refractivity contribution in [3.63, 3.8) is 0 Å². The first kappa shape index (κ1) is 18.1. The first-order valence-electron chi connectivity index (χ1n) is 8.07. The van der Waals surface area contributed by atoms with Crippen LogP contribution in [0.1, 0.15) is 37.0 Å². The molecule has 0 radical (unpaired) electrons. The standard InChI is InChI=1S/C16H24ClN3O2S/c1-19(12-13-7-8-14(17)23-13)16(22)18-9-5-11-20-10-4-2-3-6-15(20)21/h7-8H,2-6,9-12H2,1H3,(H,18,22). The second-order valence-electron chi connectivity index (χ2n) is 5.84. The average molecular weight is 358 g/mol. The Morgan fingerprint density at radius 3 is 2.96 bits per heavy atom. The van der Waals surface area contributed by atoms with Gasteiger partial charge in [0.15, 0.2) is 0 Å². The molecule has 3 amide bonds. The van der Waals surface area contributed by atoms with Crippen LogP contribution in [0.15, 0.2) is 12.1 Å². The van der Waals surface area contributed by atoms with Crippen molar-refractivity contribution in [1.82, 2.24) is 15.1 Å². The van der Waals surface area contributed by atoms with Crippen molar-refractivity contribution in [2.24, 2.45) is 0 Å². The van der Waals surface area contributed by atoms with Crippen molar-refractivity contribution in [3.05, 3.63) is 21.3 Å². The van der Waals surface area contributed by atoms with E-state index >= 15 is 0 Å². The highest BCUT2D eigenvalue weighted by Gasteiger charge is 2.16. The molecular formula is C16H24ClN3O2S. The van der Waals surface area contributed by atoms with Crippen LogP contribution in [0.3, 0.4) is 0 Å². The van der Waals surface area contributed by atoms with Crippen molar-refractivity contribution in [2.45, 2.75) is 38.6 Å². The van der Waals surface area contributed by atoms with E-state index in [1.54, 1.807) is 11.9 Å². The monoisotopic (exact) mass is 357 g/mol. The van der Waals surface area contributed by atoms with Gasteiger partial charge in [0.2, 0.25) is 5.91 Å². The topological polar surface area (TPSA) is 52.7 Å². The molecular weight excluding hydrogens is 334 g/mol. The zero-order chi connectivity index (χ0) is 16.7. The van der Waals surface area contributed by atoms with E-state index in [0.717, 1.165) is 48.0 Å². The molecule has 0 spiro atoms. The molecule has 128 valence electrons. The molecule has 7 heteroatoms. The highest BCUT2D eigenvalue weighted by atomic mass is 35.5. The number of carbonyl (C=O) groups is 2. The van der Waals surface area contributed by atoms with Crippen LogP contribution in [0.4, 0.5) is 4.79 Å². The van der Waals surface area contributed by atoms with Gasteiger partial charge in [-0.05, 0) is 31.4 Å². The number of thiophene rings is 1. The lowest BCUT2D eigenvalue weighted by atomic mass is 10.2. The summed E-state index contributed by atoms with van der Waals surface area (Å²) >= 11 is 7.37. The van der Waals surface area contributed by atoms with Crippen LogP contribution < -0.4 is 5.32 Å². The Labute approximate surface area is 146 Å². The fraction of sp³-hybridized carbons (Fsp3) is 0.625. The van der Waals surface area contributed by atoms with Crippen molar-refractivity contribution >= 4 is 34.9 Å². The SMILES string of the molecule is CN(Cc1ccc(Cl)s1)C(=O)NCCCN1CCCCCC1=O. The van der Waals surface area contributed by atoms with Gasteiger partial charge in [-0.1, -0.05) is 18.0 Å². The number of carbonyl (C=O) groups excluding carboxylic acids is 2. The van der Waals surface area contributed by atoms with Gasteiger partial charge in [-0.2, -0.15) is 0 Å². The van der Waals surface area contributed by atoms with E-state index in [4.69, 9.17) is 11.6 Å². The van der Waals surface area contributed by atoms with E-state index in [2.05, 4.69) is 5.32 Å². The molecule has 2 rings (SSSR count). The van der Waals surface area contributed by atoms with Gasteiger partial charge in [-0.15, -0.1) is 11.3 Å². The van der Waals surface area contributed by atoms with E-state index < -0.39 is 0 Å². The van der Waals surface area contributed by atoms with Gasteiger partial charge in [0.1, 0.15) is 0 Å². The molecule has 1 aliphatic heterocycles. The molecule has 0 atom stereocenters. The first-order chi connectivity index (χ1) is 11.1. The number of amides is 3. The summed E-state index contributed by atoms with van der Waals surface area (Å²) in [6.45, 7) is 2.71. The van der Waals surface area contributed by atoms with Crippen molar-refractivity contribution < 1.29 is 9.59 Å². The number of likely N-dealkylation sites (tertiary alicyclic amines) is 1. The predicted molar refractivity (Wildman–Crippen MR) is 93.9 cm³/mol. The molecule has 0 aromatic carbocycles. The van der Waals surface area contributed by atoms with Crippen LogP contribution in [-0.2, 0) is 11.3 Å². The molecule has 1 aliphatic rings. The van der Waals surface area contributed by atoms with Crippen LogP contribution in [0.25, 0.3) is 0 Å². The van der Waals surface area contributed by atoms with E-state index in [1.807, 2.05) is 17.0 Å². The molecule has 1 aromatic heterocycles. The Balaban J connectivity index is 1.64. The number of rotatable bonds is 6. The quantitative estimate of drug-likeness (QED) is 0.794. The Bertz CT molecular complexity index is 535. The summed E-state index contributed by atoms with van der Waals surface area (Å²) in [5, 5.41) is 2.90. The molecule has 1 aromatic rings. The van der Waals surface area contributed by atoms with Crippen molar-refractivity contribution in [3.8, 4) is 0 Å². The van der Waals surface area contributed by atoms with Crippen LogP contribution >= 0.6 is 22.9 Å². The maximum absolute atomic E-state index is 12.0. The third-order valence-corrected chi connectivity index (χ3v) is 5.14. The zero-order valence-electron chi connectivity index (χ0n) is 13.5. The maximum Gasteiger partial charge on any atom is 0.317 e. The lowest BCUT2D eigenvalue weighted by Gasteiger charge is -2.21. The molecule has 2 heterocycles. The van der Waals surface area contributed by atoms with E-state index in [-0.39, 0.29) is 11.9 Å². The zero-order valence-corrected chi connectivity index (χ0v) is 15.1. The normalized spacial score (nSPS) is 15.4. The molecule has 1 saturated heterocycles. The summed E-state index contributed by atoms with van der Waals surface area (Å²) in [5.74, 6) is 0.250. The second kappa shape index (κ2) is 9.13. The summed E-state index contributed by atoms with van der Waals surface area (Å²) in [5.41, 5.74) is 0. The molecule has 23 heavy (non-hydrogen) atoms. The Morgan fingerprint density at radius 2 is 2.22 bits per heavy atom. The van der Waals surface area contributed by atoms with Gasteiger partial charge >= 0.3 is 6.03 Å². The van der Waals surface area contributed by atoms with E-state index in [0.29, 0.717) is 19.5 Å². The average Bonchev–Trinajstić information content (AvgIpc) is 2.81. The molecule has 0 saturated carbocycles. The molecule has 5 nitrogen and oxygen atoms in total. The highest BCUT2D eigenvalue weighted by Crippen LogP contribution is 2.22. The largest absolute Gasteiger partial charge is 0.343 e. The van der Waals surface area contributed by atoms with Gasteiger partial charge in [0.25, 0.3) is 0 Å². The second-order valence-corrected chi connectivity index (χ2v) is 7.64. The third-order valence-electron chi connectivity index (χ3n) is 3.92. The number of hydrogen-bond donors (Lipinski definition) is 1. The summed E-state index contributed by atoms with van der Waals surface area (Å²) < 4.78 is 0.732. The fourth-order valence-electron chi connectivity index (χ4n) is 2.62. The molecule has 0 unspecified atom stereocenters. The van der Waals surface area contributed by atoms with E-state index in [1.165, 1.54) is 11.3 Å². The van der Waals surface area contributed by atoms with Crippen LogP contribution in [0.2, 0.25) is 4.34 Å². The van der Waals surface area contributed by atoms with Crippen LogP contribution in [0, 0.1) is 0 Å². The number of hydrogen-bond acceptors (Lipinski definition) is 3. The number of halogens is 1. The van der Waals surface area contributed by atoms with Gasteiger partial charge in [-0.3, -0.25) is 4.79 Å². The van der Waals surface area contributed by atoms with Crippen molar-refractivity contribution in [1.29, 1.82) is 0 Å². The van der Waals surface area contributed by atoms with Crippen LogP contribution in [0.5, 0.6) is 0 Å². The molecule has 1 fully saturated rings. The van der Waals surface area contributed by atoms with Gasteiger partial charge in [0, 0.05) is 38.0 Å². The van der Waals surface area contributed by atoms with Gasteiger partial charge < -0.3 is 15.1 Å². The fourth-order valence-corrected chi connectivity index (χ4v) is 3.76. The van der Waals surface area contributed by atoms with Gasteiger partial charge in [0.05, 0.1) is 10.9 Å². The summed E-state index contributed by atoms with van der Waals surface area (Å²) in [4.78, 5) is 28.5. The minimum atomic E-state index is -0.100. The highest BCUT2D eigenvalue weighted by molar-refractivity contribution is 7.16. The first-order valence-corrected chi connectivity index (χ1v) is 9.26. The van der Waals surface area contributed by atoms with Crippen molar-refractivity contribution in [2.75, 3.05) is 26.7 Å². The minimum absolute atomic E-state index is 0.100. The third kappa shape index (κ3) is 6.03.